The van der Waals surface area contributed by atoms with E-state index in [2.05, 4.69) is 4.98 Å². The van der Waals surface area contributed by atoms with Gasteiger partial charge < -0.3 is 9.84 Å². The zero-order chi connectivity index (χ0) is 14.8. The molecule has 1 fully saturated rings. The summed E-state index contributed by atoms with van der Waals surface area (Å²) in [5.74, 6) is -0.785. The molecule has 20 heavy (non-hydrogen) atoms. The molecule has 0 aliphatic carbocycles. The van der Waals surface area contributed by atoms with Gasteiger partial charge in [-0.2, -0.15) is 4.31 Å². The molecule has 1 aliphatic rings. The SMILES string of the molecule is CCOc1ccc(S(=O)(=O)N2CCC[C@H]2C(=O)O)cn1. The van der Waals surface area contributed by atoms with Crippen molar-refractivity contribution >= 4 is 16.0 Å². The van der Waals surface area contributed by atoms with Crippen LogP contribution in [0.5, 0.6) is 5.88 Å². The summed E-state index contributed by atoms with van der Waals surface area (Å²) in [6.45, 7) is 2.45. The van der Waals surface area contributed by atoms with E-state index in [-0.39, 0.29) is 11.4 Å². The van der Waals surface area contributed by atoms with E-state index < -0.39 is 22.0 Å². The normalized spacial score (nSPS) is 19.9. The van der Waals surface area contributed by atoms with Crippen LogP contribution in [0.15, 0.2) is 23.2 Å². The second kappa shape index (κ2) is 5.76. The summed E-state index contributed by atoms with van der Waals surface area (Å²) in [5, 5.41) is 9.07. The smallest absolute Gasteiger partial charge is 0.322 e. The van der Waals surface area contributed by atoms with E-state index in [1.54, 1.807) is 6.92 Å². The van der Waals surface area contributed by atoms with Crippen LogP contribution in [-0.2, 0) is 14.8 Å². The van der Waals surface area contributed by atoms with E-state index in [0.29, 0.717) is 25.3 Å². The number of pyridine rings is 1. The van der Waals surface area contributed by atoms with E-state index in [1.807, 2.05) is 0 Å². The molecule has 0 aromatic carbocycles. The number of rotatable bonds is 5. The molecule has 7 nitrogen and oxygen atoms in total. The van der Waals surface area contributed by atoms with Crippen LogP contribution in [0.3, 0.4) is 0 Å². The van der Waals surface area contributed by atoms with Gasteiger partial charge in [0, 0.05) is 12.6 Å². The quantitative estimate of drug-likeness (QED) is 0.860. The fourth-order valence-corrected chi connectivity index (χ4v) is 3.76. The number of hydrogen-bond donors (Lipinski definition) is 1. The van der Waals surface area contributed by atoms with Crippen molar-refractivity contribution in [2.75, 3.05) is 13.2 Å². The van der Waals surface area contributed by atoms with Crippen LogP contribution >= 0.6 is 0 Å². The fourth-order valence-electron chi connectivity index (χ4n) is 2.16. The Morgan fingerprint density at radius 2 is 2.30 bits per heavy atom. The molecule has 110 valence electrons. The predicted octanol–water partition coefficient (Wildman–Crippen LogP) is 0.718. The van der Waals surface area contributed by atoms with Gasteiger partial charge in [-0.15, -0.1) is 0 Å². The number of sulfonamides is 1. The number of aliphatic carboxylic acids is 1. The molecule has 1 aromatic rings. The monoisotopic (exact) mass is 300 g/mol. The van der Waals surface area contributed by atoms with Gasteiger partial charge in [0.05, 0.1) is 12.8 Å². The van der Waals surface area contributed by atoms with E-state index in [1.165, 1.54) is 18.3 Å². The van der Waals surface area contributed by atoms with Crippen molar-refractivity contribution in [2.45, 2.75) is 30.7 Å². The van der Waals surface area contributed by atoms with Gasteiger partial charge in [0.1, 0.15) is 10.9 Å². The maximum absolute atomic E-state index is 12.4. The lowest BCUT2D eigenvalue weighted by Gasteiger charge is -2.20. The molecule has 1 atom stereocenters. The van der Waals surface area contributed by atoms with Crippen molar-refractivity contribution in [2.24, 2.45) is 0 Å². The summed E-state index contributed by atoms with van der Waals surface area (Å²) in [6, 6.07) is 1.85. The predicted molar refractivity (Wildman–Crippen MR) is 70.0 cm³/mol. The molecule has 0 bridgehead atoms. The average Bonchev–Trinajstić information content (AvgIpc) is 2.90. The van der Waals surface area contributed by atoms with Gasteiger partial charge in [-0.05, 0) is 25.8 Å². The third-order valence-electron chi connectivity index (χ3n) is 3.10. The summed E-state index contributed by atoms with van der Waals surface area (Å²) in [7, 11) is -3.83. The second-order valence-corrected chi connectivity index (χ2v) is 6.27. The molecule has 0 radical (unpaired) electrons. The van der Waals surface area contributed by atoms with Crippen molar-refractivity contribution < 1.29 is 23.1 Å². The first-order valence-electron chi connectivity index (χ1n) is 6.30. The zero-order valence-corrected chi connectivity index (χ0v) is 11.8. The Bertz CT molecular complexity index is 584. The molecule has 0 unspecified atom stereocenters. The molecule has 1 aromatic heterocycles. The van der Waals surface area contributed by atoms with Gasteiger partial charge in [0.25, 0.3) is 0 Å². The van der Waals surface area contributed by atoms with Crippen molar-refractivity contribution in [1.82, 2.24) is 9.29 Å². The topological polar surface area (TPSA) is 96.8 Å². The first kappa shape index (κ1) is 14.7. The lowest BCUT2D eigenvalue weighted by atomic mass is 10.2. The molecule has 0 amide bonds. The van der Waals surface area contributed by atoms with E-state index in [9.17, 15) is 13.2 Å². The maximum atomic E-state index is 12.4. The summed E-state index contributed by atoms with van der Waals surface area (Å²) in [6.07, 6.45) is 2.07. The Hall–Kier alpha value is -1.67. The third-order valence-corrected chi connectivity index (χ3v) is 4.99. The van der Waals surface area contributed by atoms with Gasteiger partial charge in [0.15, 0.2) is 0 Å². The molecule has 1 aliphatic heterocycles. The van der Waals surface area contributed by atoms with Crippen molar-refractivity contribution in [1.29, 1.82) is 0 Å². The van der Waals surface area contributed by atoms with Gasteiger partial charge in [-0.3, -0.25) is 4.79 Å². The number of hydrogen-bond acceptors (Lipinski definition) is 5. The summed E-state index contributed by atoms with van der Waals surface area (Å²) in [5.41, 5.74) is 0. The summed E-state index contributed by atoms with van der Waals surface area (Å²) >= 11 is 0. The molecule has 0 spiro atoms. The number of carbonyl (C=O) groups is 1. The summed E-state index contributed by atoms with van der Waals surface area (Å²) in [4.78, 5) is 15.0. The minimum absolute atomic E-state index is 0.0193. The third kappa shape index (κ3) is 2.75. The Morgan fingerprint density at radius 1 is 1.55 bits per heavy atom. The maximum Gasteiger partial charge on any atom is 0.322 e. The van der Waals surface area contributed by atoms with Crippen LogP contribution in [0.2, 0.25) is 0 Å². The number of carboxylic acid groups (broad SMARTS) is 1. The number of ether oxygens (including phenoxy) is 1. The van der Waals surface area contributed by atoms with Crippen LogP contribution < -0.4 is 4.74 Å². The zero-order valence-electron chi connectivity index (χ0n) is 11.0. The lowest BCUT2D eigenvalue weighted by molar-refractivity contribution is -0.140. The molecule has 0 saturated carbocycles. The molecule has 1 saturated heterocycles. The number of aromatic nitrogens is 1. The highest BCUT2D eigenvalue weighted by Gasteiger charge is 2.39. The van der Waals surface area contributed by atoms with E-state index >= 15 is 0 Å². The van der Waals surface area contributed by atoms with Crippen molar-refractivity contribution in [3.8, 4) is 5.88 Å². The molecular formula is C12H16N2O5S. The van der Waals surface area contributed by atoms with Gasteiger partial charge >= 0.3 is 5.97 Å². The van der Waals surface area contributed by atoms with Crippen LogP contribution in [0.1, 0.15) is 19.8 Å². The second-order valence-electron chi connectivity index (χ2n) is 4.38. The van der Waals surface area contributed by atoms with Crippen LogP contribution in [0.25, 0.3) is 0 Å². The Morgan fingerprint density at radius 3 is 2.85 bits per heavy atom. The molecule has 2 heterocycles. The highest BCUT2D eigenvalue weighted by Crippen LogP contribution is 2.26. The molecule has 1 N–H and O–H groups in total. The average molecular weight is 300 g/mol. The Balaban J connectivity index is 2.27. The van der Waals surface area contributed by atoms with Crippen molar-refractivity contribution in [3.63, 3.8) is 0 Å². The first-order chi connectivity index (χ1) is 9.46. The fraction of sp³-hybridized carbons (Fsp3) is 0.500. The number of nitrogens with zero attached hydrogens (tertiary/aromatic N) is 2. The van der Waals surface area contributed by atoms with E-state index in [0.717, 1.165) is 4.31 Å². The lowest BCUT2D eigenvalue weighted by Crippen LogP contribution is -2.40. The van der Waals surface area contributed by atoms with Crippen molar-refractivity contribution in [3.05, 3.63) is 18.3 Å². The highest BCUT2D eigenvalue weighted by molar-refractivity contribution is 7.89. The molecule has 2 rings (SSSR count). The summed E-state index contributed by atoms with van der Waals surface area (Å²) < 4.78 is 31.0. The first-order valence-corrected chi connectivity index (χ1v) is 7.74. The van der Waals surface area contributed by atoms with Crippen LogP contribution in [-0.4, -0.2) is 48.0 Å². The Labute approximate surface area is 117 Å². The van der Waals surface area contributed by atoms with Crippen LogP contribution in [0.4, 0.5) is 0 Å². The van der Waals surface area contributed by atoms with E-state index in [4.69, 9.17) is 9.84 Å². The van der Waals surface area contributed by atoms with Gasteiger partial charge in [-0.25, -0.2) is 13.4 Å². The minimum Gasteiger partial charge on any atom is -0.480 e. The minimum atomic E-state index is -3.83. The Kier molecular flexibility index (Phi) is 4.24. The van der Waals surface area contributed by atoms with Gasteiger partial charge in [-0.1, -0.05) is 0 Å². The number of carboxylic acids is 1. The van der Waals surface area contributed by atoms with Gasteiger partial charge in [0.2, 0.25) is 15.9 Å². The highest BCUT2D eigenvalue weighted by atomic mass is 32.2. The largest absolute Gasteiger partial charge is 0.480 e. The molecular weight excluding hydrogens is 284 g/mol. The standard InChI is InChI=1S/C12H16N2O5S/c1-2-19-11-6-5-9(8-13-11)20(17,18)14-7-3-4-10(14)12(15)16/h5-6,8,10H,2-4,7H2,1H3,(H,15,16)/t10-/m0/s1. The molecule has 8 heteroatoms. The van der Waals surface area contributed by atoms with Crippen LogP contribution in [0, 0.1) is 0 Å².